The zero-order valence-electron chi connectivity index (χ0n) is 55.5. The number of allylic oxidation sites excluding steroid dienone is 2. The zero-order chi connectivity index (χ0) is 71.1. The number of imidazole rings is 2. The Bertz CT molecular complexity index is 4190. The van der Waals surface area contributed by atoms with Crippen molar-refractivity contribution in [3.05, 3.63) is 93.1 Å². The Hall–Kier alpha value is -6.84. The number of ether oxygens (including phenoxy) is 10. The number of nitrogens with two attached hydrogens (primary N) is 2. The molecule has 6 aliphatic rings. The molecule has 35 nitrogen and oxygen atoms in total. The fourth-order valence-electron chi connectivity index (χ4n) is 12.9. The summed E-state index contributed by atoms with van der Waals surface area (Å²) in [5.41, 5.74) is 16.8. The Balaban J connectivity index is 0.829. The third-order valence-corrected chi connectivity index (χ3v) is 27.5. The summed E-state index contributed by atoms with van der Waals surface area (Å²) in [6, 6.07) is 0. The summed E-state index contributed by atoms with van der Waals surface area (Å²) in [5.74, 6) is -6.88. The van der Waals surface area contributed by atoms with Gasteiger partial charge in [0.1, 0.15) is 108 Å². The largest absolute Gasteiger partial charge is 0.507 e. The van der Waals surface area contributed by atoms with E-state index in [-0.39, 0.29) is 107 Å². The molecule has 4 aromatic heterocycles. The molecule has 12 rings (SSSR count). The second-order valence-electron chi connectivity index (χ2n) is 25.4. The molecule has 536 valence electrons. The third kappa shape index (κ3) is 14.6. The monoisotopic (exact) mass is 1460 g/mol. The van der Waals surface area contributed by atoms with Crippen LogP contribution in [0.3, 0.4) is 0 Å². The van der Waals surface area contributed by atoms with E-state index >= 15 is 9.13 Å². The number of hydrogen-bond donors (Lipinski definition) is 6. The second kappa shape index (κ2) is 27.5. The van der Waals surface area contributed by atoms with Crippen LogP contribution in [0, 0.1) is 13.8 Å². The van der Waals surface area contributed by atoms with E-state index in [9.17, 15) is 38.7 Å². The van der Waals surface area contributed by atoms with Crippen LogP contribution in [0.2, 0.25) is 0 Å². The summed E-state index contributed by atoms with van der Waals surface area (Å²) in [5, 5.41) is 22.7. The summed E-state index contributed by atoms with van der Waals surface area (Å²) >= 11 is 0. The topological polar surface area (TPSA) is 461 Å². The van der Waals surface area contributed by atoms with Crippen LogP contribution in [0.4, 0.5) is 11.6 Å². The molecule has 0 spiro atoms. The van der Waals surface area contributed by atoms with Crippen LogP contribution in [0.25, 0.3) is 22.3 Å². The van der Waals surface area contributed by atoms with E-state index in [1.807, 2.05) is 0 Å². The van der Waals surface area contributed by atoms with Gasteiger partial charge in [-0.05, 0) is 92.2 Å². The van der Waals surface area contributed by atoms with E-state index in [1.165, 1.54) is 48.7 Å². The molecular formula is C60H76N10O25P4. The number of phenols is 2. The number of aromatic hydroxyl groups is 2. The lowest BCUT2D eigenvalue weighted by Crippen LogP contribution is -2.32. The highest BCUT2D eigenvalue weighted by Gasteiger charge is 2.59. The number of benzene rings is 2. The predicted octanol–water partition coefficient (Wildman–Crippen LogP) is 7.96. The lowest BCUT2D eigenvalue weighted by molar-refractivity contribution is -0.199. The van der Waals surface area contributed by atoms with Crippen molar-refractivity contribution in [3.63, 3.8) is 0 Å². The first-order chi connectivity index (χ1) is 46.7. The maximum Gasteiger partial charge on any atom is 0.349 e. The molecule has 10 heterocycles. The number of carbonyl (C=O) groups excluding carboxylic acids is 2. The highest BCUT2D eigenvalue weighted by molar-refractivity contribution is 7.79. The minimum atomic E-state index is -5.46. The zero-order valence-corrected chi connectivity index (χ0v) is 59.0. The molecule has 6 unspecified atom stereocenters. The number of aromatic nitrogens is 8. The van der Waals surface area contributed by atoms with Gasteiger partial charge in [0, 0.05) is 22.3 Å². The minimum absolute atomic E-state index is 0.000565. The van der Waals surface area contributed by atoms with Crippen LogP contribution >= 0.6 is 30.4 Å². The van der Waals surface area contributed by atoms with Gasteiger partial charge in [0.05, 0.1) is 53.3 Å². The van der Waals surface area contributed by atoms with Crippen molar-refractivity contribution in [3.8, 4) is 23.0 Å². The summed E-state index contributed by atoms with van der Waals surface area (Å²) in [7, 11) is -18.8. The first kappa shape index (κ1) is 72.0. The van der Waals surface area contributed by atoms with Crippen molar-refractivity contribution in [2.24, 2.45) is 0 Å². The van der Waals surface area contributed by atoms with Gasteiger partial charge in [0.15, 0.2) is 58.8 Å². The van der Waals surface area contributed by atoms with Crippen LogP contribution in [-0.4, -0.2) is 172 Å². The summed E-state index contributed by atoms with van der Waals surface area (Å²) in [6.07, 6.45) is 0.151. The van der Waals surface area contributed by atoms with E-state index in [0.29, 0.717) is 44.9 Å². The fourth-order valence-corrected chi connectivity index (χ4v) is 22.5. The molecular weight excluding hydrogens is 1380 g/mol. The number of methoxy groups -OCH3 is 2. The number of nitrogen functional groups attached to an aromatic ring is 2. The smallest absolute Gasteiger partial charge is 0.349 e. The van der Waals surface area contributed by atoms with E-state index in [4.69, 9.17) is 81.2 Å². The second-order valence-corrected chi connectivity index (χ2v) is 34.3. The Morgan fingerprint density at radius 1 is 0.606 bits per heavy atom. The van der Waals surface area contributed by atoms with Gasteiger partial charge in [-0.25, -0.2) is 43.8 Å². The maximum absolute atomic E-state index is 15.7. The molecule has 4 fully saturated rings. The Morgan fingerprint density at radius 3 is 1.37 bits per heavy atom. The number of nitrogens with zero attached hydrogens (tertiary/aromatic N) is 8. The van der Waals surface area contributed by atoms with Crippen molar-refractivity contribution in [1.82, 2.24) is 39.0 Å². The van der Waals surface area contributed by atoms with Crippen LogP contribution in [-0.2, 0) is 105 Å². The third-order valence-electron chi connectivity index (χ3n) is 17.6. The first-order valence-electron chi connectivity index (χ1n) is 31.2. The molecule has 0 bridgehead atoms. The fraction of sp³-hybridized carbons (Fsp3) is 0.533. The number of anilines is 2. The summed E-state index contributed by atoms with van der Waals surface area (Å²) in [4.78, 5) is 74.5. The number of hydrogen-bond acceptors (Lipinski definition) is 31. The van der Waals surface area contributed by atoms with E-state index < -0.39 is 141 Å². The number of carbonyl (C=O) groups is 2. The van der Waals surface area contributed by atoms with E-state index in [0.717, 1.165) is 0 Å². The van der Waals surface area contributed by atoms with Crippen LogP contribution in [0.5, 0.6) is 23.0 Å². The van der Waals surface area contributed by atoms with Gasteiger partial charge in [-0.3, -0.25) is 27.4 Å². The van der Waals surface area contributed by atoms with Gasteiger partial charge in [0.25, 0.3) is 0 Å². The van der Waals surface area contributed by atoms with Crippen molar-refractivity contribution < 1.29 is 118 Å². The molecule has 39 heteroatoms. The van der Waals surface area contributed by atoms with Crippen molar-refractivity contribution in [2.75, 3.05) is 63.9 Å². The number of cyclic esters (lactones) is 2. The minimum Gasteiger partial charge on any atom is -0.507 e. The summed E-state index contributed by atoms with van der Waals surface area (Å²) in [6.45, 7) is 10.5. The molecule has 0 amide bonds. The average Bonchev–Trinajstić information content (AvgIpc) is 1.63. The van der Waals surface area contributed by atoms with Gasteiger partial charge in [-0.1, -0.05) is 23.3 Å². The first-order valence-corrected chi connectivity index (χ1v) is 38.2. The van der Waals surface area contributed by atoms with Gasteiger partial charge >= 0.3 is 42.3 Å². The van der Waals surface area contributed by atoms with Gasteiger partial charge in [0.2, 0.25) is 0 Å². The van der Waals surface area contributed by atoms with Crippen molar-refractivity contribution in [1.29, 1.82) is 0 Å². The van der Waals surface area contributed by atoms with Gasteiger partial charge in [-0.2, -0.15) is 0 Å². The molecule has 4 saturated heterocycles. The number of phenolic OH excluding ortho intramolecular Hbond substituents is 2. The van der Waals surface area contributed by atoms with Gasteiger partial charge < -0.3 is 96.9 Å². The van der Waals surface area contributed by atoms with Crippen LogP contribution in [0.1, 0.15) is 121 Å². The molecule has 12 atom stereocenters. The quantitative estimate of drug-likeness (QED) is 0.0154. The number of fused-ring (bicyclic) bond motifs is 6. The molecule has 0 saturated carbocycles. The highest BCUT2D eigenvalue weighted by atomic mass is 31.3. The molecule has 0 radical (unpaired) electrons. The normalized spacial score (nSPS) is 25.6. The van der Waals surface area contributed by atoms with Crippen LogP contribution in [0.15, 0.2) is 48.6 Å². The Labute approximate surface area is 565 Å². The SMILES string of the molecule is COc1c(C)c2c(c(O)c1C/C=C(\C)CCOP(=O)(CP(=O)(O)OC[C@H]1O[C@@H](n3cnc4c(N)ncnc43)C3OC(C)(C)O[C@H]31)OP(=O)(CP(=O)(O)OC[C@H]1O[C@@H](n3cnc4c(N)ncnc43)C3OC(C)(C)O[C@H]31)OCC/C(C)=C/Cc1c(O)c3c(c(C)c1OC)COC3=O)C(=O)OC2. The number of rotatable bonds is 28. The molecule has 6 aromatic rings. The molecule has 2 aromatic carbocycles. The summed E-state index contributed by atoms with van der Waals surface area (Å²) < 4.78 is 153. The van der Waals surface area contributed by atoms with E-state index in [1.54, 1.807) is 67.5 Å². The van der Waals surface area contributed by atoms with Crippen molar-refractivity contribution >= 4 is 76.3 Å². The maximum atomic E-state index is 15.7. The average molecular weight is 1460 g/mol. The van der Waals surface area contributed by atoms with Crippen LogP contribution < -0.4 is 20.9 Å². The molecule has 99 heavy (non-hydrogen) atoms. The molecule has 6 aliphatic heterocycles. The van der Waals surface area contributed by atoms with Gasteiger partial charge in [-0.15, -0.1) is 0 Å². The lowest BCUT2D eigenvalue weighted by atomic mass is 9.95. The highest BCUT2D eigenvalue weighted by Crippen LogP contribution is 2.74. The standard InChI is InChI=1S/C60H76N10O25P4/c1-29(11-13-33-43(71)39-35(19-83-57(39)73)31(3)45(33)81-9)15-17-85-98(79,27-96(75,76)87-21-37-47-49(93-59(5,6)91-47)55(89-37)69-25-67-41-51(61)63-23-65-53(41)69)95-99(80,86-18-16-30(2)12-14-34-44(72)40-36(20-84-58(40)74)32(4)46(34)82-10)28-97(77,78)88-22-38-48-50(94-60(7,8)92-48)56(90-38)70-26-68-42-52(62)64-24-66-54(42)70/h11-12,23-26,37-38,47-50,55-56,71-72H,13-22,27-28H2,1-10H3,(H,75,76)(H,77,78)(H2,61,63,65)(H2,62,64,66)/b29-11+,30-12+/t37-,38-,47+,48+,49?,50?,55-,56-,98?,99?/m1/s1. The predicted molar refractivity (Wildman–Crippen MR) is 346 cm³/mol. The van der Waals surface area contributed by atoms with Crippen molar-refractivity contribution in [2.45, 2.75) is 155 Å². The number of esters is 2. The Kier molecular flexibility index (Phi) is 20.0. The lowest BCUT2D eigenvalue weighted by Gasteiger charge is -2.28. The molecule has 8 N–H and O–H groups in total. The van der Waals surface area contributed by atoms with E-state index in [2.05, 4.69) is 29.9 Å². The molecule has 0 aliphatic carbocycles. The Morgan fingerprint density at radius 2 is 0.990 bits per heavy atom.